The van der Waals surface area contributed by atoms with E-state index in [0.717, 1.165) is 32.1 Å². The summed E-state index contributed by atoms with van der Waals surface area (Å²) in [6.45, 7) is 4.24. The molecule has 4 N–H and O–H groups in total. The molecule has 0 bridgehead atoms. The van der Waals surface area contributed by atoms with Crippen LogP contribution in [0.5, 0.6) is 0 Å². The fourth-order valence-corrected chi connectivity index (χ4v) is 7.02. The van der Waals surface area contributed by atoms with Crippen molar-refractivity contribution >= 4 is 5.91 Å². The van der Waals surface area contributed by atoms with E-state index in [-0.39, 0.29) is 6.61 Å². The maximum absolute atomic E-state index is 12.5. The van der Waals surface area contributed by atoms with E-state index in [0.29, 0.717) is 12.8 Å². The number of hydrogen-bond acceptors (Lipinski definition) is 4. The first-order valence-electron chi connectivity index (χ1n) is 21.8. The van der Waals surface area contributed by atoms with Gasteiger partial charge in [0, 0.05) is 0 Å². The van der Waals surface area contributed by atoms with E-state index < -0.39 is 24.2 Å². The van der Waals surface area contributed by atoms with Crippen molar-refractivity contribution in [2.75, 3.05) is 6.61 Å². The lowest BCUT2D eigenvalue weighted by Crippen LogP contribution is -2.49. The summed E-state index contributed by atoms with van der Waals surface area (Å²) in [6, 6.07) is -0.704. The lowest BCUT2D eigenvalue weighted by Gasteiger charge is -2.23. The van der Waals surface area contributed by atoms with Crippen LogP contribution in [0.3, 0.4) is 0 Å². The van der Waals surface area contributed by atoms with Crippen molar-refractivity contribution < 1.29 is 20.1 Å². The maximum atomic E-state index is 12.5. The van der Waals surface area contributed by atoms with Crippen molar-refractivity contribution in [2.24, 2.45) is 0 Å². The number of aliphatic hydroxyl groups excluding tert-OH is 3. The van der Waals surface area contributed by atoms with Gasteiger partial charge in [0.05, 0.1) is 18.8 Å². The van der Waals surface area contributed by atoms with E-state index in [1.165, 1.54) is 186 Å². The molecule has 3 unspecified atom stereocenters. The number of unbranched alkanes of at least 4 members (excludes halogenated alkanes) is 32. The number of amides is 1. The van der Waals surface area contributed by atoms with E-state index in [1.54, 1.807) is 0 Å². The minimum absolute atomic E-state index is 0.308. The van der Waals surface area contributed by atoms with Gasteiger partial charge in [-0.1, -0.05) is 232 Å². The number of nitrogens with one attached hydrogen (secondary N) is 1. The third-order valence-electron chi connectivity index (χ3n) is 10.5. The average Bonchev–Trinajstić information content (AvgIpc) is 3.09. The topological polar surface area (TPSA) is 89.8 Å². The van der Waals surface area contributed by atoms with Crippen LogP contribution < -0.4 is 5.32 Å². The first kappa shape index (κ1) is 47.4. The predicted octanol–water partition coefficient (Wildman–Crippen LogP) is 12.3. The fourth-order valence-electron chi connectivity index (χ4n) is 7.02. The minimum Gasteiger partial charge on any atom is -0.394 e. The van der Waals surface area contributed by atoms with E-state index in [2.05, 4.69) is 19.2 Å². The highest BCUT2D eigenvalue weighted by molar-refractivity contribution is 5.80. The van der Waals surface area contributed by atoms with Gasteiger partial charge in [0.1, 0.15) is 6.10 Å². The van der Waals surface area contributed by atoms with Crippen LogP contribution in [0, 0.1) is 0 Å². The Bertz CT molecular complexity index is 630. The van der Waals surface area contributed by atoms with Gasteiger partial charge >= 0.3 is 0 Å². The second-order valence-electron chi connectivity index (χ2n) is 15.3. The Balaban J connectivity index is 3.56. The van der Waals surface area contributed by atoms with Gasteiger partial charge in [0.15, 0.2) is 0 Å². The third kappa shape index (κ3) is 33.8. The molecular formula is C43H87NO4. The molecule has 5 nitrogen and oxygen atoms in total. The number of carbonyl (C=O) groups excluding carboxylic acids is 1. The molecule has 0 saturated carbocycles. The Labute approximate surface area is 300 Å². The SMILES string of the molecule is CCCCCCCCCCCCCCCCCCCCCCCC(O)C(=O)NC(CO)C(O)CCCCCCCCCCCCCCC. The van der Waals surface area contributed by atoms with Crippen molar-refractivity contribution in [1.82, 2.24) is 5.32 Å². The highest BCUT2D eigenvalue weighted by atomic mass is 16.3. The summed E-state index contributed by atoms with van der Waals surface area (Å²) in [5.74, 6) is -0.466. The molecule has 0 spiro atoms. The lowest BCUT2D eigenvalue weighted by molar-refractivity contribution is -0.131. The number of aliphatic hydroxyl groups is 3. The molecule has 0 aromatic rings. The summed E-state index contributed by atoms with van der Waals surface area (Å²) in [5.41, 5.74) is 0. The molecule has 0 fully saturated rings. The average molecular weight is 682 g/mol. The fraction of sp³-hybridized carbons (Fsp3) is 0.977. The molecule has 0 heterocycles. The molecule has 0 rings (SSSR count). The highest BCUT2D eigenvalue weighted by Crippen LogP contribution is 2.17. The third-order valence-corrected chi connectivity index (χ3v) is 10.5. The quantitative estimate of drug-likeness (QED) is 0.0485. The molecule has 0 aliphatic heterocycles. The van der Waals surface area contributed by atoms with Gasteiger partial charge in [0.2, 0.25) is 5.91 Å². The summed E-state index contributed by atoms with van der Waals surface area (Å²) in [6.07, 6.45) is 43.9. The molecule has 0 aliphatic rings. The predicted molar refractivity (Wildman–Crippen MR) is 209 cm³/mol. The van der Waals surface area contributed by atoms with Crippen molar-refractivity contribution in [3.63, 3.8) is 0 Å². The number of rotatable bonds is 40. The summed E-state index contributed by atoms with van der Waals surface area (Å²) in [4.78, 5) is 12.5. The zero-order chi connectivity index (χ0) is 35.2. The Morgan fingerprint density at radius 2 is 0.667 bits per heavy atom. The van der Waals surface area contributed by atoms with Gasteiger partial charge in [-0.25, -0.2) is 0 Å². The maximum Gasteiger partial charge on any atom is 0.249 e. The van der Waals surface area contributed by atoms with E-state index >= 15 is 0 Å². The summed E-state index contributed by atoms with van der Waals surface area (Å²) < 4.78 is 0. The molecule has 0 aliphatic carbocycles. The largest absolute Gasteiger partial charge is 0.394 e. The van der Waals surface area contributed by atoms with Crippen molar-refractivity contribution in [3.05, 3.63) is 0 Å². The van der Waals surface area contributed by atoms with Crippen LogP contribution in [-0.2, 0) is 4.79 Å². The van der Waals surface area contributed by atoms with Gasteiger partial charge in [0.25, 0.3) is 0 Å². The van der Waals surface area contributed by atoms with Crippen LogP contribution in [0.2, 0.25) is 0 Å². The second kappa shape index (κ2) is 39.1. The van der Waals surface area contributed by atoms with Gasteiger partial charge in [-0.15, -0.1) is 0 Å². The van der Waals surface area contributed by atoms with Gasteiger partial charge < -0.3 is 20.6 Å². The molecule has 5 heteroatoms. The van der Waals surface area contributed by atoms with Crippen molar-refractivity contribution in [2.45, 2.75) is 263 Å². The monoisotopic (exact) mass is 682 g/mol. The van der Waals surface area contributed by atoms with Gasteiger partial charge in [-0.2, -0.15) is 0 Å². The summed E-state index contributed by atoms with van der Waals surface area (Å²) in [7, 11) is 0. The van der Waals surface area contributed by atoms with E-state index in [9.17, 15) is 20.1 Å². The van der Waals surface area contributed by atoms with Crippen LogP contribution in [-0.4, -0.2) is 46.1 Å². The zero-order valence-electron chi connectivity index (χ0n) is 32.6. The first-order chi connectivity index (χ1) is 23.6. The molecule has 0 aromatic heterocycles. The molecular weight excluding hydrogens is 594 g/mol. The van der Waals surface area contributed by atoms with Crippen LogP contribution >= 0.6 is 0 Å². The van der Waals surface area contributed by atoms with Crippen LogP contribution in [0.15, 0.2) is 0 Å². The van der Waals surface area contributed by atoms with Gasteiger partial charge in [-0.3, -0.25) is 4.79 Å². The smallest absolute Gasteiger partial charge is 0.249 e. The van der Waals surface area contributed by atoms with Crippen LogP contribution in [0.1, 0.15) is 245 Å². The summed E-state index contributed by atoms with van der Waals surface area (Å²) >= 11 is 0. The Kier molecular flexibility index (Phi) is 38.6. The number of hydrogen-bond donors (Lipinski definition) is 4. The molecule has 48 heavy (non-hydrogen) atoms. The first-order valence-corrected chi connectivity index (χ1v) is 21.8. The van der Waals surface area contributed by atoms with Crippen LogP contribution in [0.25, 0.3) is 0 Å². The molecule has 0 radical (unpaired) electrons. The van der Waals surface area contributed by atoms with Crippen molar-refractivity contribution in [1.29, 1.82) is 0 Å². The second-order valence-corrected chi connectivity index (χ2v) is 15.3. The molecule has 3 atom stereocenters. The van der Waals surface area contributed by atoms with Crippen molar-refractivity contribution in [3.8, 4) is 0 Å². The van der Waals surface area contributed by atoms with Crippen LogP contribution in [0.4, 0.5) is 0 Å². The Morgan fingerprint density at radius 3 is 0.938 bits per heavy atom. The summed E-state index contributed by atoms with van der Waals surface area (Å²) in [5, 5.41) is 33.3. The van der Waals surface area contributed by atoms with Gasteiger partial charge in [-0.05, 0) is 12.8 Å². The highest BCUT2D eigenvalue weighted by Gasteiger charge is 2.23. The molecule has 0 saturated heterocycles. The molecule has 0 aromatic carbocycles. The molecule has 288 valence electrons. The Morgan fingerprint density at radius 1 is 0.417 bits per heavy atom. The van der Waals surface area contributed by atoms with E-state index in [4.69, 9.17) is 0 Å². The molecule has 1 amide bonds. The standard InChI is InChI=1S/C43H87NO4/c1-3-5-7-9-11-13-15-17-18-19-20-21-22-23-24-26-28-30-32-34-36-38-42(47)43(48)44-40(39-45)41(46)37-35-33-31-29-27-25-16-14-12-10-8-6-4-2/h40-42,45-47H,3-39H2,1-2H3,(H,44,48). The zero-order valence-corrected chi connectivity index (χ0v) is 32.6. The minimum atomic E-state index is -1.07. The number of carbonyl (C=O) groups is 1. The Hall–Kier alpha value is -0.650. The lowest BCUT2D eigenvalue weighted by atomic mass is 10.0. The normalized spacial score (nSPS) is 13.5. The van der Waals surface area contributed by atoms with E-state index in [1.807, 2.05) is 0 Å².